The fourth-order valence-electron chi connectivity index (χ4n) is 3.92. The van der Waals surface area contributed by atoms with Crippen molar-refractivity contribution < 1.29 is 28.2 Å². The molecule has 2 aromatic carbocycles. The molecule has 0 aliphatic carbocycles. The third-order valence-corrected chi connectivity index (χ3v) is 6.10. The van der Waals surface area contributed by atoms with Crippen LogP contribution in [0, 0.1) is 0 Å². The number of fused-ring (bicyclic) bond motifs is 1. The minimum atomic E-state index is -4.78. The van der Waals surface area contributed by atoms with Crippen molar-refractivity contribution >= 4 is 34.4 Å². The highest BCUT2D eigenvalue weighted by Crippen LogP contribution is 2.39. The monoisotopic (exact) mass is 554 g/mol. The molecule has 5 aromatic rings. The summed E-state index contributed by atoms with van der Waals surface area (Å²) in [5, 5.41) is 26.0. The van der Waals surface area contributed by atoms with Crippen LogP contribution in [-0.2, 0) is 6.18 Å². The van der Waals surface area contributed by atoms with Gasteiger partial charge in [-0.05, 0) is 36.4 Å². The number of carbonyl (C=O) groups is 1. The fourth-order valence-corrected chi connectivity index (χ4v) is 4.17. The SMILES string of the molecule is O=C(Nc1c2ncc([C@@H](O)CO)cc2nn1-c1ccccc1)c1cc(-c2ncccn2)c(C(F)(F)F)cc1Cl. The van der Waals surface area contributed by atoms with Crippen LogP contribution in [0.2, 0.25) is 5.02 Å². The van der Waals surface area contributed by atoms with Crippen molar-refractivity contribution in [3.63, 3.8) is 0 Å². The molecular formula is C26H18ClF3N6O3. The minimum absolute atomic E-state index is 0.111. The molecule has 0 aliphatic heterocycles. The molecular weight excluding hydrogens is 537 g/mol. The van der Waals surface area contributed by atoms with Crippen molar-refractivity contribution in [3.05, 3.63) is 94.9 Å². The number of rotatable bonds is 6. The molecule has 3 heterocycles. The van der Waals surface area contributed by atoms with E-state index in [2.05, 4.69) is 25.4 Å². The van der Waals surface area contributed by atoms with E-state index in [-0.39, 0.29) is 28.2 Å². The predicted molar refractivity (Wildman–Crippen MR) is 136 cm³/mol. The highest BCUT2D eigenvalue weighted by molar-refractivity contribution is 6.34. The first-order valence-corrected chi connectivity index (χ1v) is 11.8. The van der Waals surface area contributed by atoms with Crippen molar-refractivity contribution in [2.24, 2.45) is 0 Å². The summed E-state index contributed by atoms with van der Waals surface area (Å²) in [7, 11) is 0. The summed E-state index contributed by atoms with van der Waals surface area (Å²) >= 11 is 6.19. The molecule has 5 rings (SSSR count). The van der Waals surface area contributed by atoms with E-state index >= 15 is 0 Å². The molecule has 1 amide bonds. The number of alkyl halides is 3. The molecule has 9 nitrogen and oxygen atoms in total. The minimum Gasteiger partial charge on any atom is -0.393 e. The van der Waals surface area contributed by atoms with E-state index in [1.54, 1.807) is 30.3 Å². The third kappa shape index (κ3) is 5.17. The van der Waals surface area contributed by atoms with Gasteiger partial charge in [0.25, 0.3) is 5.91 Å². The largest absolute Gasteiger partial charge is 0.417 e. The number of carbonyl (C=O) groups excluding carboxylic acids is 1. The summed E-state index contributed by atoms with van der Waals surface area (Å²) in [6.45, 7) is -0.532. The lowest BCUT2D eigenvalue weighted by Gasteiger charge is -2.15. The molecule has 198 valence electrons. The molecule has 13 heteroatoms. The Bertz CT molecular complexity index is 1660. The number of pyridine rings is 1. The molecule has 0 unspecified atom stereocenters. The van der Waals surface area contributed by atoms with Gasteiger partial charge >= 0.3 is 6.18 Å². The highest BCUT2D eigenvalue weighted by atomic mass is 35.5. The molecule has 0 spiro atoms. The maximum Gasteiger partial charge on any atom is 0.417 e. The van der Waals surface area contributed by atoms with Crippen molar-refractivity contribution in [1.82, 2.24) is 24.7 Å². The van der Waals surface area contributed by atoms with Gasteiger partial charge in [0.05, 0.1) is 28.4 Å². The summed E-state index contributed by atoms with van der Waals surface area (Å²) in [6.07, 6.45) is -2.07. The van der Waals surface area contributed by atoms with Crippen molar-refractivity contribution in [2.45, 2.75) is 12.3 Å². The Morgan fingerprint density at radius 3 is 2.44 bits per heavy atom. The van der Waals surface area contributed by atoms with E-state index in [0.29, 0.717) is 17.3 Å². The summed E-state index contributed by atoms with van der Waals surface area (Å²) in [4.78, 5) is 25.6. The number of nitrogens with one attached hydrogen (secondary N) is 1. The molecule has 0 saturated heterocycles. The van der Waals surface area contributed by atoms with Crippen molar-refractivity contribution in [2.75, 3.05) is 11.9 Å². The zero-order valence-corrected chi connectivity index (χ0v) is 20.5. The molecule has 3 N–H and O–H groups in total. The van der Waals surface area contributed by atoms with Crippen LogP contribution in [0.3, 0.4) is 0 Å². The Morgan fingerprint density at radius 1 is 1.05 bits per heavy atom. The summed E-state index contributed by atoms with van der Waals surface area (Å²) in [6, 6.07) is 13.3. The van der Waals surface area contributed by atoms with Crippen LogP contribution in [0.4, 0.5) is 19.0 Å². The number of para-hydroxylation sites is 1. The Labute approximate surface area is 223 Å². The van der Waals surface area contributed by atoms with Gasteiger partial charge in [-0.1, -0.05) is 29.8 Å². The van der Waals surface area contributed by atoms with Crippen LogP contribution in [0.1, 0.15) is 27.6 Å². The van der Waals surface area contributed by atoms with Gasteiger partial charge < -0.3 is 15.5 Å². The summed E-state index contributed by atoms with van der Waals surface area (Å²) in [5.41, 5.74) is -0.391. The van der Waals surface area contributed by atoms with Crippen LogP contribution in [0.25, 0.3) is 28.1 Å². The number of aromatic nitrogens is 5. The molecule has 0 bridgehead atoms. The van der Waals surface area contributed by atoms with Gasteiger partial charge in [-0.3, -0.25) is 9.78 Å². The van der Waals surface area contributed by atoms with Gasteiger partial charge in [0, 0.05) is 29.7 Å². The molecule has 0 radical (unpaired) electrons. The van der Waals surface area contributed by atoms with Gasteiger partial charge in [-0.15, -0.1) is 0 Å². The lowest BCUT2D eigenvalue weighted by molar-refractivity contribution is -0.137. The topological polar surface area (TPSA) is 126 Å². The van der Waals surface area contributed by atoms with E-state index in [9.17, 15) is 28.2 Å². The van der Waals surface area contributed by atoms with Gasteiger partial charge in [-0.25, -0.2) is 14.6 Å². The number of benzene rings is 2. The first kappa shape index (κ1) is 26.2. The molecule has 0 aliphatic rings. The van der Waals surface area contributed by atoms with Crippen molar-refractivity contribution in [1.29, 1.82) is 0 Å². The van der Waals surface area contributed by atoms with Crippen LogP contribution in [0.5, 0.6) is 0 Å². The second kappa shape index (κ2) is 10.4. The van der Waals surface area contributed by atoms with Crippen molar-refractivity contribution in [3.8, 4) is 17.1 Å². The molecule has 0 fully saturated rings. The van der Waals surface area contributed by atoms with Gasteiger partial charge in [0.15, 0.2) is 11.6 Å². The van der Waals surface area contributed by atoms with E-state index in [1.165, 1.54) is 35.4 Å². The molecule has 3 aromatic heterocycles. The Kier molecular flexibility index (Phi) is 7.00. The van der Waals surface area contributed by atoms with Crippen LogP contribution >= 0.6 is 11.6 Å². The van der Waals surface area contributed by atoms with Gasteiger partial charge in [0.1, 0.15) is 17.1 Å². The number of hydrogen-bond acceptors (Lipinski definition) is 7. The Balaban J connectivity index is 1.63. The first-order valence-electron chi connectivity index (χ1n) is 11.4. The quantitative estimate of drug-likeness (QED) is 0.274. The lowest BCUT2D eigenvalue weighted by Crippen LogP contribution is -2.17. The maximum atomic E-state index is 13.8. The second-order valence-electron chi connectivity index (χ2n) is 8.33. The van der Waals surface area contributed by atoms with E-state index in [1.807, 2.05) is 0 Å². The van der Waals surface area contributed by atoms with E-state index in [4.69, 9.17) is 11.6 Å². The Hall–Kier alpha value is -4.39. The predicted octanol–water partition coefficient (Wildman–Crippen LogP) is 4.83. The maximum absolute atomic E-state index is 13.8. The second-order valence-corrected chi connectivity index (χ2v) is 8.74. The van der Waals surface area contributed by atoms with E-state index in [0.717, 1.165) is 6.07 Å². The van der Waals surface area contributed by atoms with Gasteiger partial charge in [0.2, 0.25) is 0 Å². The number of halogens is 4. The molecule has 0 saturated carbocycles. The van der Waals surface area contributed by atoms with Crippen LogP contribution in [0.15, 0.2) is 73.2 Å². The lowest BCUT2D eigenvalue weighted by atomic mass is 10.0. The number of nitrogens with zero attached hydrogens (tertiary/aromatic N) is 5. The van der Waals surface area contributed by atoms with E-state index < -0.39 is 40.9 Å². The third-order valence-electron chi connectivity index (χ3n) is 5.79. The van der Waals surface area contributed by atoms with Gasteiger partial charge in [-0.2, -0.15) is 18.3 Å². The Morgan fingerprint density at radius 2 is 1.77 bits per heavy atom. The molecule has 39 heavy (non-hydrogen) atoms. The normalized spacial score (nSPS) is 12.5. The average Bonchev–Trinajstić information content (AvgIpc) is 3.30. The fraction of sp³-hybridized carbons (Fsp3) is 0.115. The number of aliphatic hydroxyl groups excluding tert-OH is 2. The first-order chi connectivity index (χ1) is 18.7. The van der Waals surface area contributed by atoms with Crippen LogP contribution < -0.4 is 5.32 Å². The highest BCUT2D eigenvalue weighted by Gasteiger charge is 2.36. The molecule has 1 atom stereocenters. The smallest absolute Gasteiger partial charge is 0.393 e. The zero-order valence-electron chi connectivity index (χ0n) is 19.8. The summed E-state index contributed by atoms with van der Waals surface area (Å²) in [5.74, 6) is -0.946. The number of amides is 1. The zero-order chi connectivity index (χ0) is 27.7. The average molecular weight is 555 g/mol. The standard InChI is InChI=1S/C26H18ClF3N6O3/c27-19-11-18(26(28,29)30)16(23-31-7-4-8-32-23)10-17(19)25(39)34-24-22-20(9-14(12-33-22)21(38)13-37)35-36(24)15-5-2-1-3-6-15/h1-12,21,37-38H,13H2,(H,34,39)/t21-/m0/s1. The number of hydrogen-bond donors (Lipinski definition) is 3. The van der Waals surface area contributed by atoms with Crippen LogP contribution in [-0.4, -0.2) is 47.5 Å². The number of anilines is 1. The summed E-state index contributed by atoms with van der Waals surface area (Å²) < 4.78 is 42.8. The number of aliphatic hydroxyl groups is 2.